The van der Waals surface area contributed by atoms with Gasteiger partial charge in [-0.15, -0.1) is 5.10 Å². The Morgan fingerprint density at radius 3 is 3.00 bits per heavy atom. The van der Waals surface area contributed by atoms with Gasteiger partial charge in [-0.3, -0.25) is 4.79 Å². The lowest BCUT2D eigenvalue weighted by Gasteiger charge is -2.34. The Kier molecular flexibility index (Phi) is 4.56. The van der Waals surface area contributed by atoms with E-state index in [9.17, 15) is 9.18 Å². The van der Waals surface area contributed by atoms with Crippen LogP contribution < -0.4 is 10.9 Å². The van der Waals surface area contributed by atoms with Crippen molar-refractivity contribution in [3.63, 3.8) is 0 Å². The predicted molar refractivity (Wildman–Crippen MR) is 103 cm³/mol. The van der Waals surface area contributed by atoms with E-state index < -0.39 is 0 Å². The lowest BCUT2D eigenvalue weighted by molar-refractivity contribution is -0.134. The number of carbonyl (C=O) groups is 1. The number of benzene rings is 1. The first-order chi connectivity index (χ1) is 14.1. The Morgan fingerprint density at radius 2 is 2.17 bits per heavy atom. The molecular formula is C20H23FN6O2. The molecule has 4 heterocycles. The van der Waals surface area contributed by atoms with Crippen molar-refractivity contribution in [3.8, 4) is 0 Å². The Balaban J connectivity index is 1.28. The van der Waals surface area contributed by atoms with Crippen LogP contribution in [0.25, 0.3) is 11.0 Å². The minimum Gasteiger partial charge on any atom is -0.465 e. The summed E-state index contributed by atoms with van der Waals surface area (Å²) in [7, 11) is 0. The lowest BCUT2D eigenvalue weighted by Crippen LogP contribution is -2.49. The number of fused-ring (bicyclic) bond motifs is 1. The van der Waals surface area contributed by atoms with Crippen LogP contribution in [0.5, 0.6) is 0 Å². The molecule has 2 aromatic heterocycles. The van der Waals surface area contributed by atoms with E-state index in [1.165, 1.54) is 12.1 Å². The number of piperidine rings is 1. The Morgan fingerprint density at radius 1 is 1.28 bits per heavy atom. The van der Waals surface area contributed by atoms with E-state index >= 15 is 0 Å². The number of nitrogens with zero attached hydrogens (tertiary/aromatic N) is 4. The minimum atomic E-state index is -0.328. The molecule has 8 nitrogen and oxygen atoms in total. The molecule has 2 N–H and O–H groups in total. The molecule has 2 fully saturated rings. The summed E-state index contributed by atoms with van der Waals surface area (Å²) in [6.45, 7) is 3.20. The maximum atomic E-state index is 13.4. The van der Waals surface area contributed by atoms with Crippen LogP contribution in [0.1, 0.15) is 42.9 Å². The van der Waals surface area contributed by atoms with E-state index in [2.05, 4.69) is 21.2 Å². The highest BCUT2D eigenvalue weighted by Crippen LogP contribution is 2.28. The number of nitrogens with one attached hydrogen (secondary N) is 2. The van der Waals surface area contributed by atoms with Crippen molar-refractivity contribution in [2.24, 2.45) is 0 Å². The average molecular weight is 398 g/mol. The number of hydrogen-bond acceptors (Lipinski definition) is 6. The van der Waals surface area contributed by atoms with Crippen LogP contribution in [-0.2, 0) is 4.79 Å². The summed E-state index contributed by atoms with van der Waals surface area (Å²) in [4.78, 5) is 15.0. The fraction of sp³-hybridized carbons (Fsp3) is 0.450. The van der Waals surface area contributed by atoms with Gasteiger partial charge >= 0.3 is 0 Å². The summed E-state index contributed by atoms with van der Waals surface area (Å²) >= 11 is 0. The zero-order valence-electron chi connectivity index (χ0n) is 16.1. The van der Waals surface area contributed by atoms with Crippen LogP contribution in [-0.4, -0.2) is 44.9 Å². The summed E-state index contributed by atoms with van der Waals surface area (Å²) in [6.07, 6.45) is 2.43. The summed E-state index contributed by atoms with van der Waals surface area (Å²) in [5.74, 6) is 1.44. The molecule has 9 heteroatoms. The first-order valence-electron chi connectivity index (χ1n) is 9.95. The summed E-state index contributed by atoms with van der Waals surface area (Å²) in [6, 6.07) is 8.07. The van der Waals surface area contributed by atoms with Crippen LogP contribution in [0.4, 0.5) is 4.39 Å². The smallest absolute Gasteiger partial charge is 0.241 e. The minimum absolute atomic E-state index is 0.0209. The first kappa shape index (κ1) is 18.3. The Labute approximate surface area is 167 Å². The highest BCUT2D eigenvalue weighted by molar-refractivity contribution is 5.82. The van der Waals surface area contributed by atoms with Gasteiger partial charge in [0.1, 0.15) is 28.9 Å². The molecule has 1 amide bonds. The van der Waals surface area contributed by atoms with Crippen LogP contribution in [0.15, 0.2) is 34.7 Å². The molecule has 2 saturated heterocycles. The Hall–Kier alpha value is -2.78. The third-order valence-electron chi connectivity index (χ3n) is 5.79. The van der Waals surface area contributed by atoms with Crippen molar-refractivity contribution in [2.45, 2.75) is 44.3 Å². The van der Waals surface area contributed by atoms with Gasteiger partial charge in [-0.05, 0) is 50.5 Å². The summed E-state index contributed by atoms with van der Waals surface area (Å²) in [5, 5.41) is 8.31. The number of rotatable bonds is 3. The molecule has 2 aliphatic heterocycles. The molecule has 3 atom stereocenters. The standard InChI is InChI=1S/C20H23FN6O2/c1-12-4-7-19(29-12)16-10-17(23-22-16)20(28)26-8-2-3-14(11-26)27-18-6-5-13(21)9-15(18)24-25-27/h4-7,9,14,16-17,22-23H,2-3,8,10-11H2,1H3. The second-order valence-electron chi connectivity index (χ2n) is 7.83. The molecule has 1 aromatic carbocycles. The largest absolute Gasteiger partial charge is 0.465 e. The maximum Gasteiger partial charge on any atom is 0.241 e. The van der Waals surface area contributed by atoms with Crippen LogP contribution >= 0.6 is 0 Å². The second-order valence-corrected chi connectivity index (χ2v) is 7.83. The highest BCUT2D eigenvalue weighted by Gasteiger charge is 2.36. The number of aromatic nitrogens is 3. The normalized spacial score (nSPS) is 25.0. The fourth-order valence-corrected chi connectivity index (χ4v) is 4.30. The van der Waals surface area contributed by atoms with E-state index in [0.717, 1.165) is 36.4 Å². The highest BCUT2D eigenvalue weighted by atomic mass is 19.1. The van der Waals surface area contributed by atoms with Crippen molar-refractivity contribution in [2.75, 3.05) is 13.1 Å². The number of aryl methyl sites for hydroxylation is 1. The van der Waals surface area contributed by atoms with Gasteiger partial charge in [-0.25, -0.2) is 19.9 Å². The van der Waals surface area contributed by atoms with Crippen molar-refractivity contribution >= 4 is 16.9 Å². The van der Waals surface area contributed by atoms with E-state index in [0.29, 0.717) is 18.5 Å². The van der Waals surface area contributed by atoms with E-state index in [4.69, 9.17) is 4.42 Å². The number of hydrazine groups is 1. The topological polar surface area (TPSA) is 88.2 Å². The molecule has 0 radical (unpaired) electrons. The summed E-state index contributed by atoms with van der Waals surface area (Å²) < 4.78 is 20.9. The molecule has 3 aromatic rings. The first-order valence-corrected chi connectivity index (χ1v) is 9.95. The predicted octanol–water partition coefficient (Wildman–Crippen LogP) is 2.24. The second kappa shape index (κ2) is 7.23. The third-order valence-corrected chi connectivity index (χ3v) is 5.79. The molecule has 3 unspecified atom stereocenters. The fourth-order valence-electron chi connectivity index (χ4n) is 4.30. The summed E-state index contributed by atoms with van der Waals surface area (Å²) in [5.41, 5.74) is 7.61. The van der Waals surface area contributed by atoms with Crippen LogP contribution in [0, 0.1) is 12.7 Å². The van der Waals surface area contributed by atoms with Gasteiger partial charge in [0.2, 0.25) is 5.91 Å². The molecule has 152 valence electrons. The van der Waals surface area contributed by atoms with Gasteiger partial charge in [0, 0.05) is 19.2 Å². The number of likely N-dealkylation sites (tertiary alicyclic amines) is 1. The number of furan rings is 1. The zero-order valence-corrected chi connectivity index (χ0v) is 16.1. The molecule has 0 spiro atoms. The monoisotopic (exact) mass is 398 g/mol. The maximum absolute atomic E-state index is 13.4. The van der Waals surface area contributed by atoms with Gasteiger partial charge in [0.25, 0.3) is 0 Å². The SMILES string of the molecule is Cc1ccc(C2CC(C(=O)N3CCCC(n4nnc5cc(F)ccc54)C3)NN2)o1. The molecule has 0 aliphatic carbocycles. The zero-order chi connectivity index (χ0) is 20.0. The van der Waals surface area contributed by atoms with Crippen molar-refractivity contribution < 1.29 is 13.6 Å². The van der Waals surface area contributed by atoms with Gasteiger partial charge in [-0.1, -0.05) is 5.21 Å². The third kappa shape index (κ3) is 3.40. The Bertz CT molecular complexity index is 1050. The molecular weight excluding hydrogens is 375 g/mol. The quantitative estimate of drug-likeness (QED) is 0.704. The number of halogens is 1. The van der Waals surface area contributed by atoms with Gasteiger partial charge < -0.3 is 9.32 Å². The van der Waals surface area contributed by atoms with Crippen LogP contribution in [0.2, 0.25) is 0 Å². The van der Waals surface area contributed by atoms with Gasteiger partial charge in [0.15, 0.2) is 0 Å². The average Bonchev–Trinajstić information content (AvgIpc) is 3.46. The lowest BCUT2D eigenvalue weighted by atomic mass is 10.0. The van der Waals surface area contributed by atoms with Gasteiger partial charge in [-0.2, -0.15) is 0 Å². The molecule has 29 heavy (non-hydrogen) atoms. The van der Waals surface area contributed by atoms with Crippen molar-refractivity contribution in [1.29, 1.82) is 0 Å². The molecule has 5 rings (SSSR count). The molecule has 2 aliphatic rings. The number of hydrogen-bond donors (Lipinski definition) is 2. The van der Waals surface area contributed by atoms with E-state index in [1.54, 1.807) is 6.07 Å². The van der Waals surface area contributed by atoms with E-state index in [-0.39, 0.29) is 29.8 Å². The van der Waals surface area contributed by atoms with E-state index in [1.807, 2.05) is 28.6 Å². The molecule has 0 bridgehead atoms. The number of amides is 1. The number of carbonyl (C=O) groups excluding carboxylic acids is 1. The van der Waals surface area contributed by atoms with Crippen molar-refractivity contribution in [3.05, 3.63) is 47.7 Å². The molecule has 0 saturated carbocycles. The van der Waals surface area contributed by atoms with Crippen LogP contribution in [0.3, 0.4) is 0 Å². The van der Waals surface area contributed by atoms with Crippen molar-refractivity contribution in [1.82, 2.24) is 30.7 Å². The van der Waals surface area contributed by atoms with Gasteiger partial charge in [0.05, 0.1) is 17.6 Å².